The molecule has 0 bridgehead atoms. The molecule has 1 N–H and O–H groups in total. The van der Waals surface area contributed by atoms with Crippen molar-refractivity contribution in [1.29, 1.82) is 0 Å². The van der Waals surface area contributed by atoms with Crippen LogP contribution >= 0.6 is 38.6 Å². The largest absolute Gasteiger partial charge is 0.487 e. The van der Waals surface area contributed by atoms with Crippen molar-refractivity contribution < 1.29 is 22.7 Å². The first-order valence-corrected chi connectivity index (χ1v) is 14.7. The van der Waals surface area contributed by atoms with Gasteiger partial charge in [0, 0.05) is 26.4 Å². The summed E-state index contributed by atoms with van der Waals surface area (Å²) >= 11 is 6.16. The number of halogens is 4. The molecule has 0 aliphatic carbocycles. The van der Waals surface area contributed by atoms with Crippen LogP contribution in [-0.4, -0.2) is 22.1 Å². The average Bonchev–Trinajstić information content (AvgIpc) is 3.62. The zero-order chi connectivity index (χ0) is 28.8. The quantitative estimate of drug-likeness (QED) is 0.129. The van der Waals surface area contributed by atoms with Gasteiger partial charge in [0.2, 0.25) is 5.91 Å². The van der Waals surface area contributed by atoms with Gasteiger partial charge in [-0.2, -0.15) is 18.3 Å². The third-order valence-corrected chi connectivity index (χ3v) is 8.03. The van der Waals surface area contributed by atoms with Crippen LogP contribution < -0.4 is 10.2 Å². The maximum absolute atomic E-state index is 13.0. The standard InChI is InChI=1S/C29H20BrF3N4O2S2/c30-22-9-7-19(8-10-22)27-36-24(17-41-27)15-39-25-6-1-3-18(11-25)14-34-37-26(38)13-23-16-40-28(35-23)20-4-2-5-21(12-20)29(31,32)33/h1-12,14,16-17H,13,15H2,(H,37,38)/b34-14+. The van der Waals surface area contributed by atoms with Crippen LogP contribution in [0.25, 0.3) is 21.1 Å². The van der Waals surface area contributed by atoms with Gasteiger partial charge in [-0.05, 0) is 42.0 Å². The van der Waals surface area contributed by atoms with Gasteiger partial charge < -0.3 is 4.74 Å². The summed E-state index contributed by atoms with van der Waals surface area (Å²) in [6, 6.07) is 20.1. The lowest BCUT2D eigenvalue weighted by Gasteiger charge is -2.07. The minimum absolute atomic E-state index is 0.0637. The van der Waals surface area contributed by atoms with E-state index in [1.54, 1.807) is 28.8 Å². The van der Waals surface area contributed by atoms with E-state index in [0.717, 1.165) is 38.4 Å². The molecule has 6 nitrogen and oxygen atoms in total. The summed E-state index contributed by atoms with van der Waals surface area (Å²) in [4.78, 5) is 21.3. The first-order chi connectivity index (χ1) is 19.7. The normalized spacial score (nSPS) is 11.6. The maximum atomic E-state index is 13.0. The SMILES string of the molecule is O=C(Cc1csc(-c2cccc(C(F)(F)F)c2)n1)N/N=C/c1cccc(OCc2csc(-c3ccc(Br)cc3)n2)c1. The van der Waals surface area contributed by atoms with E-state index in [0.29, 0.717) is 28.6 Å². The van der Waals surface area contributed by atoms with Crippen molar-refractivity contribution in [1.82, 2.24) is 15.4 Å². The monoisotopic (exact) mass is 656 g/mol. The van der Waals surface area contributed by atoms with Crippen LogP contribution in [0.2, 0.25) is 0 Å². The number of carbonyl (C=O) groups excluding carboxylic acids is 1. The fourth-order valence-electron chi connectivity index (χ4n) is 3.67. The van der Waals surface area contributed by atoms with E-state index >= 15 is 0 Å². The molecule has 0 atom stereocenters. The van der Waals surface area contributed by atoms with E-state index in [-0.39, 0.29) is 6.42 Å². The summed E-state index contributed by atoms with van der Waals surface area (Å²) in [5.74, 6) is 0.225. The zero-order valence-corrected chi connectivity index (χ0v) is 24.3. The molecule has 41 heavy (non-hydrogen) atoms. The van der Waals surface area contributed by atoms with Gasteiger partial charge in [0.05, 0.1) is 29.6 Å². The van der Waals surface area contributed by atoms with Gasteiger partial charge in [-0.15, -0.1) is 22.7 Å². The minimum Gasteiger partial charge on any atom is -0.487 e. The zero-order valence-electron chi connectivity index (χ0n) is 21.1. The van der Waals surface area contributed by atoms with E-state index in [1.165, 1.54) is 23.6 Å². The van der Waals surface area contributed by atoms with Crippen molar-refractivity contribution >= 4 is 50.7 Å². The lowest BCUT2D eigenvalue weighted by Crippen LogP contribution is -2.19. The molecule has 208 valence electrons. The second-order valence-electron chi connectivity index (χ2n) is 8.70. The highest BCUT2D eigenvalue weighted by Crippen LogP contribution is 2.33. The number of hydrogen-bond acceptors (Lipinski definition) is 7. The third kappa shape index (κ3) is 7.87. The predicted octanol–water partition coefficient (Wildman–Crippen LogP) is 7.99. The van der Waals surface area contributed by atoms with Crippen LogP contribution in [-0.2, 0) is 24.0 Å². The lowest BCUT2D eigenvalue weighted by atomic mass is 10.1. The van der Waals surface area contributed by atoms with Crippen LogP contribution in [0.1, 0.15) is 22.5 Å². The Balaban J connectivity index is 1.12. The molecule has 0 aliphatic heterocycles. The van der Waals surface area contributed by atoms with Gasteiger partial charge in [0.25, 0.3) is 0 Å². The number of hydrazone groups is 1. The highest BCUT2D eigenvalue weighted by atomic mass is 79.9. The van der Waals surface area contributed by atoms with Crippen LogP contribution in [0.3, 0.4) is 0 Å². The van der Waals surface area contributed by atoms with E-state index < -0.39 is 17.6 Å². The molecule has 0 saturated heterocycles. The number of amides is 1. The number of nitrogens with zero attached hydrogens (tertiary/aromatic N) is 3. The summed E-state index contributed by atoms with van der Waals surface area (Å²) in [5, 5.41) is 8.92. The molecule has 0 unspecified atom stereocenters. The van der Waals surface area contributed by atoms with Crippen molar-refractivity contribution in [2.24, 2.45) is 5.10 Å². The number of benzene rings is 3. The molecule has 0 radical (unpaired) electrons. The van der Waals surface area contributed by atoms with E-state index in [4.69, 9.17) is 4.74 Å². The number of carbonyl (C=O) groups is 1. The van der Waals surface area contributed by atoms with Crippen LogP contribution in [0.4, 0.5) is 13.2 Å². The van der Waals surface area contributed by atoms with Crippen LogP contribution in [0.5, 0.6) is 5.75 Å². The second-order valence-corrected chi connectivity index (χ2v) is 11.3. The third-order valence-electron chi connectivity index (χ3n) is 5.62. The first-order valence-electron chi connectivity index (χ1n) is 12.1. The fourth-order valence-corrected chi connectivity index (χ4v) is 5.56. The van der Waals surface area contributed by atoms with Gasteiger partial charge in [-0.25, -0.2) is 15.4 Å². The Bertz CT molecular complexity index is 1680. The minimum atomic E-state index is -4.44. The highest BCUT2D eigenvalue weighted by Gasteiger charge is 2.30. The molecule has 3 aromatic carbocycles. The van der Waals surface area contributed by atoms with E-state index in [1.807, 2.05) is 47.8 Å². The highest BCUT2D eigenvalue weighted by molar-refractivity contribution is 9.10. The molecule has 1 amide bonds. The molecule has 12 heteroatoms. The van der Waals surface area contributed by atoms with Crippen molar-refractivity contribution in [3.05, 3.63) is 111 Å². The lowest BCUT2D eigenvalue weighted by molar-refractivity contribution is -0.137. The van der Waals surface area contributed by atoms with Crippen molar-refractivity contribution in [2.45, 2.75) is 19.2 Å². The summed E-state index contributed by atoms with van der Waals surface area (Å²) in [7, 11) is 0. The van der Waals surface area contributed by atoms with Crippen LogP contribution in [0.15, 0.2) is 93.1 Å². The van der Waals surface area contributed by atoms with Crippen LogP contribution in [0, 0.1) is 0 Å². The van der Waals surface area contributed by atoms with Crippen molar-refractivity contribution in [2.75, 3.05) is 0 Å². The molecular formula is C29H20BrF3N4O2S2. The molecule has 2 heterocycles. The van der Waals surface area contributed by atoms with Crippen molar-refractivity contribution in [3.8, 4) is 26.9 Å². The van der Waals surface area contributed by atoms with Gasteiger partial charge in [0.15, 0.2) is 0 Å². The Morgan fingerprint density at radius 2 is 1.63 bits per heavy atom. The van der Waals surface area contributed by atoms with E-state index in [2.05, 4.69) is 36.4 Å². The molecule has 5 rings (SSSR count). The number of ether oxygens (including phenoxy) is 1. The summed E-state index contributed by atoms with van der Waals surface area (Å²) in [6.45, 7) is 0.306. The van der Waals surface area contributed by atoms with E-state index in [9.17, 15) is 18.0 Å². The predicted molar refractivity (Wildman–Crippen MR) is 158 cm³/mol. The van der Waals surface area contributed by atoms with Gasteiger partial charge >= 0.3 is 6.18 Å². The number of thiazole rings is 2. The smallest absolute Gasteiger partial charge is 0.416 e. The summed E-state index contributed by atoms with van der Waals surface area (Å²) in [5.41, 5.74) is 5.06. The molecule has 2 aromatic heterocycles. The Labute approximate surface area is 249 Å². The molecule has 0 aliphatic rings. The number of rotatable bonds is 9. The molecule has 0 spiro atoms. The van der Waals surface area contributed by atoms with Crippen molar-refractivity contribution in [3.63, 3.8) is 0 Å². The molecule has 0 fully saturated rings. The number of aromatic nitrogens is 2. The number of alkyl halides is 3. The Morgan fingerprint density at radius 1 is 0.927 bits per heavy atom. The average molecular weight is 658 g/mol. The summed E-state index contributed by atoms with van der Waals surface area (Å²) in [6.07, 6.45) is -3.01. The summed E-state index contributed by atoms with van der Waals surface area (Å²) < 4.78 is 45.9. The Kier molecular flexibility index (Phi) is 8.91. The first kappa shape index (κ1) is 28.7. The van der Waals surface area contributed by atoms with Gasteiger partial charge in [-0.1, -0.05) is 52.3 Å². The fraction of sp³-hybridized carbons (Fsp3) is 0.103. The Hall–Kier alpha value is -3.87. The number of nitrogens with one attached hydrogen (secondary N) is 1. The maximum Gasteiger partial charge on any atom is 0.416 e. The number of hydrogen-bond donors (Lipinski definition) is 1. The second kappa shape index (κ2) is 12.8. The van der Waals surface area contributed by atoms with Gasteiger partial charge in [0.1, 0.15) is 22.4 Å². The molecule has 0 saturated carbocycles. The Morgan fingerprint density at radius 3 is 2.41 bits per heavy atom. The topological polar surface area (TPSA) is 76.5 Å². The van der Waals surface area contributed by atoms with Gasteiger partial charge in [-0.3, -0.25) is 4.79 Å². The molecule has 5 aromatic rings. The molecular weight excluding hydrogens is 637 g/mol.